The Morgan fingerprint density at radius 1 is 1.28 bits per heavy atom. The predicted octanol–water partition coefficient (Wildman–Crippen LogP) is 1.56. The van der Waals surface area contributed by atoms with Crippen molar-refractivity contribution in [2.75, 3.05) is 20.0 Å². The number of benzene rings is 1. The van der Waals surface area contributed by atoms with Crippen LogP contribution in [0.2, 0.25) is 0 Å². The maximum absolute atomic E-state index is 12.2. The van der Waals surface area contributed by atoms with Gasteiger partial charge in [-0.3, -0.25) is 4.21 Å². The van der Waals surface area contributed by atoms with E-state index in [9.17, 15) is 4.21 Å². The lowest BCUT2D eigenvalue weighted by Crippen LogP contribution is -2.48. The molecule has 0 radical (unpaired) electrons. The first-order chi connectivity index (χ1) is 8.40. The van der Waals surface area contributed by atoms with Crippen LogP contribution in [0, 0.1) is 0 Å². The average Bonchev–Trinajstić information content (AvgIpc) is 2.38. The van der Waals surface area contributed by atoms with Crippen LogP contribution in [0.15, 0.2) is 29.2 Å². The Bertz CT molecular complexity index is 403. The van der Waals surface area contributed by atoms with Crippen molar-refractivity contribution in [3.8, 4) is 5.75 Å². The molecule has 1 aromatic rings. The molecule has 4 nitrogen and oxygen atoms in total. The van der Waals surface area contributed by atoms with Gasteiger partial charge in [-0.2, -0.15) is 0 Å². The molecule has 102 valence electrons. The summed E-state index contributed by atoms with van der Waals surface area (Å²) in [5.41, 5.74) is 5.53. The third-order valence-electron chi connectivity index (χ3n) is 3.07. The average molecular weight is 271 g/mol. The zero-order chi connectivity index (χ0) is 13.8. The van der Waals surface area contributed by atoms with E-state index in [1.807, 2.05) is 13.8 Å². The molecule has 0 saturated heterocycles. The summed E-state index contributed by atoms with van der Waals surface area (Å²) in [6, 6.07) is 6.88. The van der Waals surface area contributed by atoms with Crippen molar-refractivity contribution in [3.63, 3.8) is 0 Å². The molecule has 0 aliphatic heterocycles. The Kier molecular flexibility index (Phi) is 5.31. The van der Waals surface area contributed by atoms with Gasteiger partial charge < -0.3 is 15.2 Å². The van der Waals surface area contributed by atoms with Gasteiger partial charge >= 0.3 is 0 Å². The third-order valence-corrected chi connectivity index (χ3v) is 4.53. The molecule has 0 aliphatic carbocycles. The van der Waals surface area contributed by atoms with Crippen LogP contribution in [-0.2, 0) is 15.5 Å². The van der Waals surface area contributed by atoms with Crippen LogP contribution in [-0.4, -0.2) is 35.8 Å². The molecular weight excluding hydrogens is 250 g/mol. The van der Waals surface area contributed by atoms with E-state index in [0.29, 0.717) is 5.75 Å². The van der Waals surface area contributed by atoms with E-state index in [1.54, 1.807) is 38.5 Å². The molecular formula is C13H21NO3S. The molecule has 0 bridgehead atoms. The van der Waals surface area contributed by atoms with Crippen LogP contribution in [0.5, 0.6) is 5.75 Å². The van der Waals surface area contributed by atoms with Crippen LogP contribution < -0.4 is 10.5 Å². The highest BCUT2D eigenvalue weighted by atomic mass is 32.2. The molecule has 0 aromatic heterocycles. The maximum atomic E-state index is 12.2. The Hall–Kier alpha value is -0.910. The second-order valence-corrected chi connectivity index (χ2v) is 6.10. The highest BCUT2D eigenvalue weighted by molar-refractivity contribution is 7.85. The molecule has 2 unspecified atom stereocenters. The highest BCUT2D eigenvalue weighted by Gasteiger charge is 2.27. The summed E-state index contributed by atoms with van der Waals surface area (Å²) < 4.78 is 22.5. The molecule has 1 rings (SSSR count). The van der Waals surface area contributed by atoms with Gasteiger partial charge in [-0.05, 0) is 38.1 Å². The molecule has 0 saturated carbocycles. The van der Waals surface area contributed by atoms with Crippen LogP contribution in [0.3, 0.4) is 0 Å². The van der Waals surface area contributed by atoms with Gasteiger partial charge in [0, 0.05) is 23.8 Å². The Labute approximate surface area is 111 Å². The van der Waals surface area contributed by atoms with E-state index in [1.165, 1.54) is 0 Å². The molecule has 0 amide bonds. The third kappa shape index (κ3) is 3.80. The van der Waals surface area contributed by atoms with E-state index in [-0.39, 0.29) is 6.04 Å². The van der Waals surface area contributed by atoms with E-state index in [4.69, 9.17) is 15.2 Å². The fraction of sp³-hybridized carbons (Fsp3) is 0.538. The lowest BCUT2D eigenvalue weighted by Gasteiger charge is -2.29. The summed E-state index contributed by atoms with van der Waals surface area (Å²) in [5, 5.41) is 0. The number of rotatable bonds is 6. The number of hydrogen-bond acceptors (Lipinski definition) is 4. The molecule has 2 N–H and O–H groups in total. The first-order valence-electron chi connectivity index (χ1n) is 5.74. The Balaban J connectivity index is 2.70. The second kappa shape index (κ2) is 6.31. The lowest BCUT2D eigenvalue weighted by molar-refractivity contribution is 0.00645. The molecule has 1 aromatic carbocycles. The van der Waals surface area contributed by atoms with E-state index in [0.717, 1.165) is 10.6 Å². The first-order valence-corrected chi connectivity index (χ1v) is 7.05. The van der Waals surface area contributed by atoms with E-state index >= 15 is 0 Å². The Morgan fingerprint density at radius 2 is 1.83 bits per heavy atom. The summed E-state index contributed by atoms with van der Waals surface area (Å²) >= 11 is 0. The van der Waals surface area contributed by atoms with Gasteiger partial charge in [-0.1, -0.05) is 0 Å². The fourth-order valence-electron chi connectivity index (χ4n) is 1.34. The highest BCUT2D eigenvalue weighted by Crippen LogP contribution is 2.18. The van der Waals surface area contributed by atoms with E-state index in [2.05, 4.69) is 0 Å². The smallest absolute Gasteiger partial charge is 0.118 e. The van der Waals surface area contributed by atoms with E-state index < -0.39 is 16.4 Å². The van der Waals surface area contributed by atoms with Gasteiger partial charge in [0.25, 0.3) is 0 Å². The molecule has 0 aliphatic rings. The molecule has 5 heteroatoms. The fourth-order valence-corrected chi connectivity index (χ4v) is 2.70. The maximum Gasteiger partial charge on any atom is 0.118 e. The van der Waals surface area contributed by atoms with Crippen LogP contribution in [0.4, 0.5) is 0 Å². The molecule has 0 fully saturated rings. The van der Waals surface area contributed by atoms with Gasteiger partial charge in [-0.15, -0.1) is 0 Å². The Morgan fingerprint density at radius 3 is 2.28 bits per heavy atom. The number of ether oxygens (including phenoxy) is 2. The topological polar surface area (TPSA) is 61.5 Å². The summed E-state index contributed by atoms with van der Waals surface area (Å²) in [4.78, 5) is 0.748. The van der Waals surface area contributed by atoms with Crippen molar-refractivity contribution in [2.24, 2.45) is 5.73 Å². The largest absolute Gasteiger partial charge is 0.497 e. The summed E-state index contributed by atoms with van der Waals surface area (Å²) in [6.07, 6.45) is 0. The van der Waals surface area contributed by atoms with Crippen molar-refractivity contribution in [1.29, 1.82) is 0 Å². The minimum atomic E-state index is -1.13. The van der Waals surface area contributed by atoms with Gasteiger partial charge in [-0.25, -0.2) is 0 Å². The monoisotopic (exact) mass is 271 g/mol. The van der Waals surface area contributed by atoms with Gasteiger partial charge in [0.2, 0.25) is 0 Å². The number of methoxy groups -OCH3 is 2. The molecule has 0 spiro atoms. The lowest BCUT2D eigenvalue weighted by atomic mass is 10.0. The normalized spacial score (nSPS) is 15.2. The molecule has 18 heavy (non-hydrogen) atoms. The van der Waals surface area contributed by atoms with Crippen molar-refractivity contribution in [2.45, 2.75) is 30.4 Å². The van der Waals surface area contributed by atoms with Gasteiger partial charge in [0.15, 0.2) is 0 Å². The number of hydrogen-bond donors (Lipinski definition) is 1. The van der Waals surface area contributed by atoms with Crippen molar-refractivity contribution >= 4 is 10.8 Å². The van der Waals surface area contributed by atoms with Gasteiger partial charge in [0.05, 0.1) is 23.5 Å². The second-order valence-electron chi connectivity index (χ2n) is 4.60. The summed E-state index contributed by atoms with van der Waals surface area (Å²) in [5.74, 6) is 1.12. The molecule has 0 heterocycles. The predicted molar refractivity (Wildman–Crippen MR) is 73.3 cm³/mol. The van der Waals surface area contributed by atoms with Crippen molar-refractivity contribution in [1.82, 2.24) is 0 Å². The SMILES string of the molecule is COc1ccc(S(=O)CC(N)C(C)(C)OC)cc1. The standard InChI is InChI=1S/C13H21NO3S/c1-13(2,17-4)12(14)9-18(15)11-7-5-10(16-3)6-8-11/h5-8,12H,9,14H2,1-4H3. The number of nitrogens with two attached hydrogens (primary N) is 1. The molecule has 2 atom stereocenters. The summed E-state index contributed by atoms with van der Waals surface area (Å²) in [6.45, 7) is 3.78. The minimum Gasteiger partial charge on any atom is -0.497 e. The van der Waals surface area contributed by atoms with Crippen LogP contribution >= 0.6 is 0 Å². The van der Waals surface area contributed by atoms with Crippen LogP contribution in [0.1, 0.15) is 13.8 Å². The zero-order valence-corrected chi connectivity index (χ0v) is 12.1. The zero-order valence-electron chi connectivity index (χ0n) is 11.3. The quantitative estimate of drug-likeness (QED) is 0.853. The first kappa shape index (κ1) is 15.1. The van der Waals surface area contributed by atoms with Gasteiger partial charge in [0.1, 0.15) is 5.75 Å². The van der Waals surface area contributed by atoms with Crippen molar-refractivity contribution < 1.29 is 13.7 Å². The minimum absolute atomic E-state index is 0.287. The van der Waals surface area contributed by atoms with Crippen molar-refractivity contribution in [3.05, 3.63) is 24.3 Å². The summed E-state index contributed by atoms with van der Waals surface area (Å²) in [7, 11) is 2.08. The van der Waals surface area contributed by atoms with Crippen LogP contribution in [0.25, 0.3) is 0 Å².